The van der Waals surface area contributed by atoms with Crippen LogP contribution in [-0.4, -0.2) is 36.7 Å². The highest BCUT2D eigenvalue weighted by molar-refractivity contribution is 7.09. The summed E-state index contributed by atoms with van der Waals surface area (Å²) in [7, 11) is 0. The highest BCUT2D eigenvalue weighted by Gasteiger charge is 2.33. The quantitative estimate of drug-likeness (QED) is 0.855. The Hall–Kier alpha value is -1.19. The molecule has 0 aromatic carbocycles. The van der Waals surface area contributed by atoms with E-state index in [9.17, 15) is 18.0 Å². The lowest BCUT2D eigenvalue weighted by Gasteiger charge is -2.26. The van der Waals surface area contributed by atoms with E-state index in [4.69, 9.17) is 10.5 Å². The number of aromatic nitrogens is 1. The van der Waals surface area contributed by atoms with E-state index in [2.05, 4.69) is 10.3 Å². The number of halogens is 3. The smallest absolute Gasteiger partial charge is 0.381 e. The van der Waals surface area contributed by atoms with Crippen LogP contribution in [0.1, 0.15) is 23.5 Å². The number of nitrogens with zero attached hydrogens (tertiary/aromatic N) is 1. The summed E-state index contributed by atoms with van der Waals surface area (Å²) < 4.78 is 42.4. The van der Waals surface area contributed by atoms with Gasteiger partial charge in [0.15, 0.2) is 5.69 Å². The topological polar surface area (TPSA) is 77.2 Å². The maximum Gasteiger partial charge on any atom is 0.434 e. The van der Waals surface area contributed by atoms with Crippen LogP contribution in [0.4, 0.5) is 13.2 Å². The second-order valence-electron chi connectivity index (χ2n) is 5.14. The first-order chi connectivity index (χ1) is 10.4. The van der Waals surface area contributed by atoms with Gasteiger partial charge >= 0.3 is 6.18 Å². The Bertz CT molecular complexity index is 501. The molecule has 1 aliphatic heterocycles. The van der Waals surface area contributed by atoms with E-state index in [0.29, 0.717) is 18.2 Å². The maximum absolute atomic E-state index is 12.4. The van der Waals surface area contributed by atoms with E-state index in [1.54, 1.807) is 0 Å². The summed E-state index contributed by atoms with van der Waals surface area (Å²) in [5.41, 5.74) is 5.01. The first-order valence-corrected chi connectivity index (χ1v) is 7.88. The van der Waals surface area contributed by atoms with Gasteiger partial charge in [-0.2, -0.15) is 13.2 Å². The first kappa shape index (κ1) is 17.2. The summed E-state index contributed by atoms with van der Waals surface area (Å²) in [6.45, 7) is 1.43. The number of rotatable bonds is 5. The van der Waals surface area contributed by atoms with Crippen molar-refractivity contribution in [1.29, 1.82) is 0 Å². The van der Waals surface area contributed by atoms with Gasteiger partial charge in [0.2, 0.25) is 5.91 Å². The highest BCUT2D eigenvalue weighted by atomic mass is 32.1. The van der Waals surface area contributed by atoms with Gasteiger partial charge in [0.25, 0.3) is 0 Å². The van der Waals surface area contributed by atoms with Crippen LogP contribution in [-0.2, 0) is 22.1 Å². The lowest BCUT2D eigenvalue weighted by Crippen LogP contribution is -2.47. The summed E-state index contributed by atoms with van der Waals surface area (Å²) in [4.78, 5) is 15.4. The van der Waals surface area contributed by atoms with E-state index in [1.165, 1.54) is 0 Å². The van der Waals surface area contributed by atoms with E-state index in [-0.39, 0.29) is 24.8 Å². The van der Waals surface area contributed by atoms with Crippen LogP contribution in [0.25, 0.3) is 0 Å². The molecule has 3 N–H and O–H groups in total. The van der Waals surface area contributed by atoms with Crippen LogP contribution in [0.5, 0.6) is 0 Å². The van der Waals surface area contributed by atoms with Crippen molar-refractivity contribution in [3.63, 3.8) is 0 Å². The number of nitrogens with one attached hydrogen (secondary N) is 1. The Labute approximate surface area is 130 Å². The molecule has 1 aromatic rings. The van der Waals surface area contributed by atoms with Crippen LogP contribution in [0.3, 0.4) is 0 Å². The molecular weight excluding hydrogens is 319 g/mol. The third-order valence-electron chi connectivity index (χ3n) is 3.56. The van der Waals surface area contributed by atoms with Gasteiger partial charge in [0, 0.05) is 31.6 Å². The van der Waals surface area contributed by atoms with Gasteiger partial charge in [-0.05, 0) is 18.8 Å². The molecule has 0 saturated carbocycles. The van der Waals surface area contributed by atoms with E-state index in [1.807, 2.05) is 0 Å². The SMILES string of the molecule is NC(C(=O)NCCc1nc(C(F)(F)F)cs1)C1CCOCC1. The van der Waals surface area contributed by atoms with Crippen molar-refractivity contribution in [2.45, 2.75) is 31.5 Å². The summed E-state index contributed by atoms with van der Waals surface area (Å²) >= 11 is 0.934. The Balaban J connectivity index is 1.75. The molecule has 1 fully saturated rings. The number of hydrogen-bond acceptors (Lipinski definition) is 5. The number of carbonyl (C=O) groups is 1. The standard InChI is InChI=1S/C13H18F3N3O2S/c14-13(15,16)9-7-22-10(19-9)1-4-18-12(20)11(17)8-2-5-21-6-3-8/h7-8,11H,1-6,17H2,(H,18,20). The predicted molar refractivity (Wildman–Crippen MR) is 75.3 cm³/mol. The van der Waals surface area contributed by atoms with E-state index in [0.717, 1.165) is 29.6 Å². The molecule has 1 unspecified atom stereocenters. The molecule has 1 amide bonds. The Morgan fingerprint density at radius 2 is 2.18 bits per heavy atom. The number of thiazole rings is 1. The zero-order valence-electron chi connectivity index (χ0n) is 11.9. The van der Waals surface area contributed by atoms with Crippen molar-refractivity contribution in [1.82, 2.24) is 10.3 Å². The van der Waals surface area contributed by atoms with Crippen molar-refractivity contribution in [2.75, 3.05) is 19.8 Å². The number of ether oxygens (including phenoxy) is 1. The van der Waals surface area contributed by atoms with Crippen LogP contribution in [0.2, 0.25) is 0 Å². The van der Waals surface area contributed by atoms with Crippen molar-refractivity contribution in [3.05, 3.63) is 16.1 Å². The fraction of sp³-hybridized carbons (Fsp3) is 0.692. The Morgan fingerprint density at radius 1 is 1.50 bits per heavy atom. The zero-order chi connectivity index (χ0) is 16.2. The van der Waals surface area contributed by atoms with Crippen LogP contribution in [0, 0.1) is 5.92 Å². The first-order valence-electron chi connectivity index (χ1n) is 7.00. The molecule has 0 spiro atoms. The molecule has 9 heteroatoms. The molecule has 0 aliphatic carbocycles. The number of amides is 1. The van der Waals surface area contributed by atoms with Crippen LogP contribution < -0.4 is 11.1 Å². The number of alkyl halides is 3. The third-order valence-corrected chi connectivity index (χ3v) is 4.47. The second-order valence-corrected chi connectivity index (χ2v) is 6.08. The molecule has 124 valence electrons. The third kappa shape index (κ3) is 4.65. The molecule has 1 aliphatic rings. The van der Waals surface area contributed by atoms with Gasteiger partial charge < -0.3 is 15.8 Å². The number of carbonyl (C=O) groups excluding carboxylic acids is 1. The van der Waals surface area contributed by atoms with Gasteiger partial charge in [-0.15, -0.1) is 11.3 Å². The minimum atomic E-state index is -4.43. The molecule has 22 heavy (non-hydrogen) atoms. The highest BCUT2D eigenvalue weighted by Crippen LogP contribution is 2.30. The van der Waals surface area contributed by atoms with E-state index >= 15 is 0 Å². The zero-order valence-corrected chi connectivity index (χ0v) is 12.7. The molecule has 2 rings (SSSR count). The largest absolute Gasteiger partial charge is 0.434 e. The van der Waals surface area contributed by atoms with Crippen LogP contribution in [0.15, 0.2) is 5.38 Å². The summed E-state index contributed by atoms with van der Waals surface area (Å²) in [5, 5.41) is 3.97. The lowest BCUT2D eigenvalue weighted by atomic mass is 9.92. The van der Waals surface area contributed by atoms with Crippen molar-refractivity contribution < 1.29 is 22.7 Å². The van der Waals surface area contributed by atoms with Crippen molar-refractivity contribution in [3.8, 4) is 0 Å². The molecule has 1 atom stereocenters. The molecule has 0 bridgehead atoms. The summed E-state index contributed by atoms with van der Waals surface area (Å²) in [6, 6.07) is -0.606. The molecule has 5 nitrogen and oxygen atoms in total. The number of hydrogen-bond donors (Lipinski definition) is 2. The summed E-state index contributed by atoms with van der Waals surface area (Å²) in [6.07, 6.45) is -2.68. The molecule has 2 heterocycles. The van der Waals surface area contributed by atoms with Gasteiger partial charge in [-0.3, -0.25) is 4.79 Å². The van der Waals surface area contributed by atoms with Crippen molar-refractivity contribution >= 4 is 17.2 Å². The fourth-order valence-electron chi connectivity index (χ4n) is 2.26. The minimum absolute atomic E-state index is 0.0884. The predicted octanol–water partition coefficient (Wildman–Crippen LogP) is 1.57. The fourth-order valence-corrected chi connectivity index (χ4v) is 3.06. The van der Waals surface area contributed by atoms with Gasteiger partial charge in [-0.1, -0.05) is 0 Å². The average molecular weight is 337 g/mol. The number of nitrogens with two attached hydrogens (primary N) is 1. The average Bonchev–Trinajstić information content (AvgIpc) is 2.96. The summed E-state index contributed by atoms with van der Waals surface area (Å²) in [5.74, 6) is -0.190. The second kappa shape index (κ2) is 7.38. The Kier molecular flexibility index (Phi) is 5.76. The van der Waals surface area contributed by atoms with Crippen molar-refractivity contribution in [2.24, 2.45) is 11.7 Å². The lowest BCUT2D eigenvalue weighted by molar-refractivity contribution is -0.140. The van der Waals surface area contributed by atoms with Crippen LogP contribution >= 0.6 is 11.3 Å². The molecule has 1 saturated heterocycles. The molecule has 0 radical (unpaired) electrons. The molecule has 1 aromatic heterocycles. The maximum atomic E-state index is 12.4. The van der Waals surface area contributed by atoms with Gasteiger partial charge in [0.05, 0.1) is 11.0 Å². The van der Waals surface area contributed by atoms with Gasteiger partial charge in [-0.25, -0.2) is 4.98 Å². The molecular formula is C13H18F3N3O2S. The monoisotopic (exact) mass is 337 g/mol. The normalized spacial score (nSPS) is 18.2. The minimum Gasteiger partial charge on any atom is -0.381 e. The van der Waals surface area contributed by atoms with E-state index < -0.39 is 17.9 Å². The Morgan fingerprint density at radius 3 is 2.77 bits per heavy atom. The van der Waals surface area contributed by atoms with Gasteiger partial charge in [0.1, 0.15) is 0 Å².